The fourth-order valence-electron chi connectivity index (χ4n) is 2.05. The van der Waals surface area contributed by atoms with Gasteiger partial charge in [-0.25, -0.2) is 4.98 Å². The third kappa shape index (κ3) is 1.15. The minimum absolute atomic E-state index is 0.0843. The molecule has 0 amide bonds. The summed E-state index contributed by atoms with van der Waals surface area (Å²) in [4.78, 5) is 23.0. The maximum absolute atomic E-state index is 12.1. The van der Waals surface area contributed by atoms with Crippen LogP contribution in [-0.4, -0.2) is 30.9 Å². The van der Waals surface area contributed by atoms with Crippen LogP contribution in [0.3, 0.4) is 0 Å². The van der Waals surface area contributed by atoms with Gasteiger partial charge in [-0.05, 0) is 6.92 Å². The van der Waals surface area contributed by atoms with Gasteiger partial charge in [0.1, 0.15) is 6.23 Å². The molecule has 7 heteroatoms. The van der Waals surface area contributed by atoms with Crippen LogP contribution in [0.25, 0.3) is 11.2 Å². The number of imidazole rings is 1. The first-order valence-corrected chi connectivity index (χ1v) is 5.07. The Balaban J connectivity index is 2.35. The van der Waals surface area contributed by atoms with Crippen molar-refractivity contribution in [1.29, 1.82) is 0 Å². The second-order valence-electron chi connectivity index (χ2n) is 3.96. The number of aliphatic hydroxyl groups excluding tert-OH is 1. The summed E-state index contributed by atoms with van der Waals surface area (Å²) < 4.78 is 1.53. The monoisotopic (exact) mass is 221 g/mol. The smallest absolute Gasteiger partial charge is 0.281 e. The van der Waals surface area contributed by atoms with E-state index in [-0.39, 0.29) is 11.6 Å². The van der Waals surface area contributed by atoms with E-state index in [1.807, 2.05) is 6.92 Å². The van der Waals surface area contributed by atoms with E-state index < -0.39 is 6.23 Å². The number of nitrogens with zero attached hydrogens (tertiary/aromatic N) is 3. The molecule has 16 heavy (non-hydrogen) atoms. The SMILES string of the molecule is C[C@@H]1C[C@@H](O)Nc2nc3nc[nH]c3c(=O)n21. The fourth-order valence-corrected chi connectivity index (χ4v) is 2.05. The highest BCUT2D eigenvalue weighted by Crippen LogP contribution is 2.23. The van der Waals surface area contributed by atoms with Crippen LogP contribution in [0.2, 0.25) is 0 Å². The molecule has 7 nitrogen and oxygen atoms in total. The highest BCUT2D eigenvalue weighted by atomic mass is 16.3. The van der Waals surface area contributed by atoms with Crippen molar-refractivity contribution in [2.24, 2.45) is 0 Å². The summed E-state index contributed by atoms with van der Waals surface area (Å²) in [5.41, 5.74) is 0.600. The van der Waals surface area contributed by atoms with Crippen LogP contribution in [0.4, 0.5) is 5.95 Å². The van der Waals surface area contributed by atoms with Crippen molar-refractivity contribution in [3.05, 3.63) is 16.7 Å². The molecule has 1 aliphatic heterocycles. The molecular weight excluding hydrogens is 210 g/mol. The summed E-state index contributed by atoms with van der Waals surface area (Å²) in [5, 5.41) is 12.3. The summed E-state index contributed by atoms with van der Waals surface area (Å²) in [6.45, 7) is 1.87. The Morgan fingerprint density at radius 3 is 3.25 bits per heavy atom. The van der Waals surface area contributed by atoms with E-state index in [4.69, 9.17) is 0 Å². The third-order valence-electron chi connectivity index (χ3n) is 2.79. The Kier molecular flexibility index (Phi) is 1.78. The van der Waals surface area contributed by atoms with E-state index >= 15 is 0 Å². The number of H-pyrrole nitrogens is 1. The average Bonchev–Trinajstić information content (AvgIpc) is 2.64. The molecular formula is C9H11N5O2. The molecule has 2 atom stereocenters. The van der Waals surface area contributed by atoms with Gasteiger partial charge in [0.2, 0.25) is 5.95 Å². The molecule has 3 rings (SSSR count). The summed E-state index contributed by atoms with van der Waals surface area (Å²) in [7, 11) is 0. The molecule has 2 aromatic rings. The van der Waals surface area contributed by atoms with Crippen molar-refractivity contribution >= 4 is 17.1 Å². The number of aromatic nitrogens is 4. The van der Waals surface area contributed by atoms with Crippen LogP contribution in [0, 0.1) is 0 Å². The largest absolute Gasteiger partial charge is 0.374 e. The van der Waals surface area contributed by atoms with Gasteiger partial charge in [0, 0.05) is 12.5 Å². The summed E-state index contributed by atoms with van der Waals surface area (Å²) in [5.74, 6) is 0.371. The van der Waals surface area contributed by atoms with Crippen molar-refractivity contribution in [3.8, 4) is 0 Å². The Morgan fingerprint density at radius 1 is 1.62 bits per heavy atom. The highest BCUT2D eigenvalue weighted by Gasteiger charge is 2.25. The Hall–Kier alpha value is -1.89. The lowest BCUT2D eigenvalue weighted by Gasteiger charge is -2.28. The second-order valence-corrected chi connectivity index (χ2v) is 3.96. The summed E-state index contributed by atoms with van der Waals surface area (Å²) in [6.07, 6.45) is 1.25. The lowest BCUT2D eigenvalue weighted by Crippen LogP contribution is -2.38. The number of rotatable bonds is 0. The van der Waals surface area contributed by atoms with Gasteiger partial charge < -0.3 is 15.4 Å². The van der Waals surface area contributed by atoms with Gasteiger partial charge in [0.15, 0.2) is 11.2 Å². The predicted octanol–water partition coefficient (Wildman–Crippen LogP) is -0.185. The average molecular weight is 221 g/mol. The number of aliphatic hydroxyl groups is 1. The van der Waals surface area contributed by atoms with Crippen molar-refractivity contribution in [2.75, 3.05) is 5.32 Å². The zero-order valence-corrected chi connectivity index (χ0v) is 8.64. The maximum atomic E-state index is 12.1. The second kappa shape index (κ2) is 3.05. The number of hydrogen-bond acceptors (Lipinski definition) is 5. The normalized spacial score (nSPS) is 24.1. The lowest BCUT2D eigenvalue weighted by atomic mass is 10.2. The molecule has 0 aromatic carbocycles. The van der Waals surface area contributed by atoms with Crippen LogP contribution >= 0.6 is 0 Å². The molecule has 1 aliphatic rings. The summed E-state index contributed by atoms with van der Waals surface area (Å²) in [6, 6.07) is -0.0843. The van der Waals surface area contributed by atoms with Crippen LogP contribution < -0.4 is 10.9 Å². The van der Waals surface area contributed by atoms with E-state index in [0.717, 1.165) is 0 Å². The van der Waals surface area contributed by atoms with Crippen LogP contribution in [-0.2, 0) is 0 Å². The molecule has 0 spiro atoms. The van der Waals surface area contributed by atoms with Gasteiger partial charge in [-0.15, -0.1) is 0 Å². The van der Waals surface area contributed by atoms with E-state index in [2.05, 4.69) is 20.3 Å². The summed E-state index contributed by atoms with van der Waals surface area (Å²) >= 11 is 0. The topological polar surface area (TPSA) is 95.8 Å². The molecule has 0 unspecified atom stereocenters. The zero-order chi connectivity index (χ0) is 11.3. The van der Waals surface area contributed by atoms with Gasteiger partial charge in [0.25, 0.3) is 5.56 Å². The molecule has 3 N–H and O–H groups in total. The third-order valence-corrected chi connectivity index (χ3v) is 2.79. The van der Waals surface area contributed by atoms with Gasteiger partial charge in [0.05, 0.1) is 6.33 Å². The molecule has 0 bridgehead atoms. The maximum Gasteiger partial charge on any atom is 0.281 e. The molecule has 0 fully saturated rings. The van der Waals surface area contributed by atoms with Crippen LogP contribution in [0.5, 0.6) is 0 Å². The number of nitrogens with one attached hydrogen (secondary N) is 2. The zero-order valence-electron chi connectivity index (χ0n) is 8.64. The van der Waals surface area contributed by atoms with Gasteiger partial charge >= 0.3 is 0 Å². The Morgan fingerprint density at radius 2 is 2.44 bits per heavy atom. The van der Waals surface area contributed by atoms with Gasteiger partial charge in [-0.2, -0.15) is 4.98 Å². The molecule has 2 aromatic heterocycles. The molecule has 0 radical (unpaired) electrons. The van der Waals surface area contributed by atoms with Crippen molar-refractivity contribution in [3.63, 3.8) is 0 Å². The van der Waals surface area contributed by atoms with E-state index in [0.29, 0.717) is 23.5 Å². The number of fused-ring (bicyclic) bond motifs is 2. The van der Waals surface area contributed by atoms with E-state index in [1.165, 1.54) is 10.9 Å². The standard InChI is InChI=1S/C9H11N5O2/c1-4-2-5(15)12-9-13-7-6(10-3-11-7)8(16)14(4)9/h3-5,15H,2H2,1H3,(H,10,11)(H,12,13)/t4-,5-/m1/s1. The van der Waals surface area contributed by atoms with Crippen LogP contribution in [0.15, 0.2) is 11.1 Å². The quantitative estimate of drug-likeness (QED) is 0.573. The first-order chi connectivity index (χ1) is 7.66. The lowest BCUT2D eigenvalue weighted by molar-refractivity contribution is 0.159. The first kappa shape index (κ1) is 9.34. The minimum Gasteiger partial charge on any atom is -0.374 e. The predicted molar refractivity (Wildman–Crippen MR) is 57.1 cm³/mol. The van der Waals surface area contributed by atoms with Crippen molar-refractivity contribution < 1.29 is 5.11 Å². The van der Waals surface area contributed by atoms with Gasteiger partial charge in [-0.1, -0.05) is 0 Å². The Labute approximate surface area is 90.2 Å². The number of anilines is 1. The number of hydrogen-bond donors (Lipinski definition) is 3. The minimum atomic E-state index is -0.668. The van der Waals surface area contributed by atoms with E-state index in [9.17, 15) is 9.90 Å². The van der Waals surface area contributed by atoms with Gasteiger partial charge in [-0.3, -0.25) is 9.36 Å². The van der Waals surface area contributed by atoms with Crippen molar-refractivity contribution in [2.45, 2.75) is 25.6 Å². The molecule has 0 aliphatic carbocycles. The Bertz CT molecular complexity index is 601. The van der Waals surface area contributed by atoms with Crippen LogP contribution in [0.1, 0.15) is 19.4 Å². The molecule has 0 saturated heterocycles. The fraction of sp³-hybridized carbons (Fsp3) is 0.444. The molecule has 0 saturated carbocycles. The first-order valence-electron chi connectivity index (χ1n) is 5.07. The number of aromatic amines is 1. The van der Waals surface area contributed by atoms with E-state index in [1.54, 1.807) is 0 Å². The molecule has 3 heterocycles. The highest BCUT2D eigenvalue weighted by molar-refractivity contribution is 5.70. The van der Waals surface area contributed by atoms with Crippen molar-refractivity contribution in [1.82, 2.24) is 19.5 Å². The molecule has 84 valence electrons.